The molecule has 1 amide bonds. The van der Waals surface area contributed by atoms with Crippen molar-refractivity contribution in [3.63, 3.8) is 0 Å². The molecule has 7 nitrogen and oxygen atoms in total. The predicted molar refractivity (Wildman–Crippen MR) is 155 cm³/mol. The van der Waals surface area contributed by atoms with Gasteiger partial charge in [-0.15, -0.1) is 0 Å². The van der Waals surface area contributed by atoms with Gasteiger partial charge < -0.3 is 21.3 Å². The van der Waals surface area contributed by atoms with Gasteiger partial charge in [0.25, 0.3) is 5.91 Å². The molecular formula is C28H32ClF3N6OS. The molecule has 1 saturated heterocycles. The number of amides is 1. The molecule has 0 spiro atoms. The Kier molecular flexibility index (Phi) is 10.7. The number of halogens is 4. The maximum atomic E-state index is 13.1. The Labute approximate surface area is 241 Å². The lowest BCUT2D eigenvalue weighted by molar-refractivity contribution is -0.137. The number of anilines is 2. The van der Waals surface area contributed by atoms with Crippen LogP contribution in [0, 0.1) is 0 Å². The van der Waals surface area contributed by atoms with Crippen LogP contribution in [0.25, 0.3) is 0 Å². The van der Waals surface area contributed by atoms with Gasteiger partial charge in [-0.25, -0.2) is 9.29 Å². The highest BCUT2D eigenvalue weighted by atomic mass is 35.5. The molecule has 0 aliphatic carbocycles. The van der Waals surface area contributed by atoms with Crippen molar-refractivity contribution in [1.29, 1.82) is 0 Å². The fraction of sp³-hybridized carbons (Fsp3) is 0.357. The highest BCUT2D eigenvalue weighted by Gasteiger charge is 2.32. The first kappa shape index (κ1) is 30.1. The summed E-state index contributed by atoms with van der Waals surface area (Å²) in [5.74, 6) is 0.0621. The topological polar surface area (TPSA) is 86.5 Å². The Morgan fingerprint density at radius 3 is 2.48 bits per heavy atom. The molecule has 1 aliphatic rings. The molecule has 0 unspecified atom stereocenters. The number of alkyl halides is 3. The van der Waals surface area contributed by atoms with Crippen LogP contribution in [0.1, 0.15) is 27.9 Å². The molecule has 4 rings (SSSR count). The SMILES string of the molecule is NCCCNCCc1cccc(C(=O)Nc2ccc(SN3CCN(c4cc(C(F)(F)F)cc(Cl)n4)CC3)cc2)c1. The minimum atomic E-state index is -4.48. The van der Waals surface area contributed by atoms with Crippen molar-refractivity contribution in [3.8, 4) is 0 Å². The number of hydrogen-bond donors (Lipinski definition) is 3. The molecule has 40 heavy (non-hydrogen) atoms. The monoisotopic (exact) mass is 592 g/mol. The summed E-state index contributed by atoms with van der Waals surface area (Å²) in [5, 5.41) is 6.12. The summed E-state index contributed by atoms with van der Waals surface area (Å²) in [6.45, 7) is 4.70. The third kappa shape index (κ3) is 8.84. The molecule has 1 fully saturated rings. The van der Waals surface area contributed by atoms with E-state index in [-0.39, 0.29) is 16.9 Å². The van der Waals surface area contributed by atoms with Crippen LogP contribution in [0.4, 0.5) is 24.7 Å². The Hall–Kier alpha value is -2.83. The Morgan fingerprint density at radius 1 is 1.02 bits per heavy atom. The van der Waals surface area contributed by atoms with Gasteiger partial charge in [0.1, 0.15) is 11.0 Å². The van der Waals surface area contributed by atoms with E-state index in [2.05, 4.69) is 19.9 Å². The molecule has 2 heterocycles. The number of rotatable bonds is 11. The molecule has 0 atom stereocenters. The largest absolute Gasteiger partial charge is 0.416 e. The second-order valence-corrected chi connectivity index (χ2v) is 10.9. The van der Waals surface area contributed by atoms with Gasteiger partial charge in [0.2, 0.25) is 0 Å². The summed E-state index contributed by atoms with van der Waals surface area (Å²) < 4.78 is 41.6. The summed E-state index contributed by atoms with van der Waals surface area (Å²) in [6, 6.07) is 17.1. The van der Waals surface area contributed by atoms with E-state index in [1.807, 2.05) is 47.4 Å². The zero-order valence-electron chi connectivity index (χ0n) is 21.9. The summed E-state index contributed by atoms with van der Waals surface area (Å²) >= 11 is 7.41. The van der Waals surface area contributed by atoms with Crippen LogP contribution < -0.4 is 21.3 Å². The summed E-state index contributed by atoms with van der Waals surface area (Å²) in [5.41, 5.74) is 7.10. The van der Waals surface area contributed by atoms with Crippen LogP contribution in [0.3, 0.4) is 0 Å². The van der Waals surface area contributed by atoms with Gasteiger partial charge in [0.05, 0.1) is 5.56 Å². The average molecular weight is 593 g/mol. The van der Waals surface area contributed by atoms with Gasteiger partial charge in [0.15, 0.2) is 0 Å². The minimum Gasteiger partial charge on any atom is -0.354 e. The summed E-state index contributed by atoms with van der Waals surface area (Å²) in [7, 11) is 0. The number of carbonyl (C=O) groups is 1. The molecule has 4 N–H and O–H groups in total. The van der Waals surface area contributed by atoms with Crippen LogP contribution in [0.2, 0.25) is 5.15 Å². The fourth-order valence-corrected chi connectivity index (χ4v) is 5.33. The highest BCUT2D eigenvalue weighted by Crippen LogP contribution is 2.33. The Morgan fingerprint density at radius 2 is 1.77 bits per heavy atom. The second kappa shape index (κ2) is 14.2. The molecular weight excluding hydrogens is 561 g/mol. The molecule has 12 heteroatoms. The van der Waals surface area contributed by atoms with Crippen molar-refractivity contribution < 1.29 is 18.0 Å². The lowest BCUT2D eigenvalue weighted by Crippen LogP contribution is -2.43. The zero-order valence-corrected chi connectivity index (χ0v) is 23.5. The Bertz CT molecular complexity index is 1270. The molecule has 3 aromatic rings. The Balaban J connectivity index is 1.26. The smallest absolute Gasteiger partial charge is 0.354 e. The van der Waals surface area contributed by atoms with E-state index in [4.69, 9.17) is 17.3 Å². The lowest BCUT2D eigenvalue weighted by atomic mass is 10.1. The third-order valence-electron chi connectivity index (χ3n) is 6.35. The normalized spacial score (nSPS) is 14.4. The number of hydrogen-bond acceptors (Lipinski definition) is 7. The molecule has 0 radical (unpaired) electrons. The van der Waals surface area contributed by atoms with Crippen molar-refractivity contribution in [2.75, 3.05) is 56.0 Å². The van der Waals surface area contributed by atoms with Crippen molar-refractivity contribution in [2.24, 2.45) is 5.73 Å². The molecule has 214 valence electrons. The van der Waals surface area contributed by atoms with Crippen LogP contribution in [-0.4, -0.2) is 61.0 Å². The van der Waals surface area contributed by atoms with E-state index in [1.54, 1.807) is 18.0 Å². The third-order valence-corrected chi connectivity index (χ3v) is 7.65. The molecule has 0 bridgehead atoms. The van der Waals surface area contributed by atoms with E-state index in [0.29, 0.717) is 44.0 Å². The predicted octanol–water partition coefficient (Wildman–Crippen LogP) is 5.32. The molecule has 1 aromatic heterocycles. The summed E-state index contributed by atoms with van der Waals surface area (Å²) in [6.07, 6.45) is -2.71. The fourth-order valence-electron chi connectivity index (χ4n) is 4.22. The van der Waals surface area contributed by atoms with Crippen molar-refractivity contribution in [1.82, 2.24) is 14.6 Å². The maximum absolute atomic E-state index is 13.1. The number of pyridine rings is 1. The van der Waals surface area contributed by atoms with Gasteiger partial charge in [0, 0.05) is 42.3 Å². The van der Waals surface area contributed by atoms with E-state index in [0.717, 1.165) is 48.5 Å². The number of benzene rings is 2. The van der Waals surface area contributed by atoms with E-state index in [1.165, 1.54) is 0 Å². The number of nitrogens with zero attached hydrogens (tertiary/aromatic N) is 3. The number of aromatic nitrogens is 1. The van der Waals surface area contributed by atoms with Crippen LogP contribution >= 0.6 is 23.5 Å². The highest BCUT2D eigenvalue weighted by molar-refractivity contribution is 7.97. The molecule has 2 aromatic carbocycles. The van der Waals surface area contributed by atoms with Gasteiger partial charge >= 0.3 is 6.18 Å². The van der Waals surface area contributed by atoms with Gasteiger partial charge in [-0.2, -0.15) is 13.2 Å². The first-order valence-electron chi connectivity index (χ1n) is 13.0. The van der Waals surface area contributed by atoms with Crippen molar-refractivity contribution in [3.05, 3.63) is 82.5 Å². The van der Waals surface area contributed by atoms with E-state index >= 15 is 0 Å². The standard InChI is InChI=1S/C28H32ClF3N6OS/c29-25-18-22(28(30,31)32)19-26(36-25)37-13-15-38(16-14-37)40-24-7-5-23(6-8-24)35-27(39)21-4-1-3-20(17-21)9-12-34-11-2-10-33/h1,3-8,17-19,34H,2,9-16,33H2,(H,35,39). The number of nitrogens with two attached hydrogens (primary N) is 1. The zero-order chi connectivity index (χ0) is 28.5. The van der Waals surface area contributed by atoms with Gasteiger partial charge in [-0.05, 0) is 98.5 Å². The molecule has 1 aliphatic heterocycles. The van der Waals surface area contributed by atoms with Crippen LogP contribution in [0.5, 0.6) is 0 Å². The second-order valence-electron chi connectivity index (χ2n) is 9.36. The first-order chi connectivity index (χ1) is 19.2. The van der Waals surface area contributed by atoms with Gasteiger partial charge in [-0.1, -0.05) is 23.7 Å². The minimum absolute atomic E-state index is 0.169. The van der Waals surface area contributed by atoms with Crippen molar-refractivity contribution >= 4 is 41.0 Å². The molecule has 0 saturated carbocycles. The lowest BCUT2D eigenvalue weighted by Gasteiger charge is -2.34. The first-order valence-corrected chi connectivity index (χ1v) is 14.2. The maximum Gasteiger partial charge on any atom is 0.416 e. The number of carbonyl (C=O) groups excluding carboxylic acids is 1. The van der Waals surface area contributed by atoms with Gasteiger partial charge in [-0.3, -0.25) is 4.79 Å². The van der Waals surface area contributed by atoms with E-state index in [9.17, 15) is 18.0 Å². The van der Waals surface area contributed by atoms with Crippen LogP contribution in [0.15, 0.2) is 65.6 Å². The average Bonchev–Trinajstić information content (AvgIpc) is 2.94. The number of nitrogens with one attached hydrogen (secondary N) is 2. The van der Waals surface area contributed by atoms with Crippen LogP contribution in [-0.2, 0) is 12.6 Å². The summed E-state index contributed by atoms with van der Waals surface area (Å²) in [4.78, 5) is 19.7. The van der Waals surface area contributed by atoms with E-state index < -0.39 is 11.7 Å². The van der Waals surface area contributed by atoms with Crippen molar-refractivity contribution in [2.45, 2.75) is 23.9 Å². The quantitative estimate of drug-likeness (QED) is 0.158. The number of piperazine rings is 1.